The van der Waals surface area contributed by atoms with Crippen LogP contribution in [0, 0.1) is 27.7 Å². The first kappa shape index (κ1) is 19.0. The second kappa shape index (κ2) is 8.19. The van der Waals surface area contributed by atoms with E-state index in [1.165, 1.54) is 16.7 Å². The Morgan fingerprint density at radius 3 is 2.44 bits per heavy atom. The van der Waals surface area contributed by atoms with Crippen molar-refractivity contribution in [2.24, 2.45) is 0 Å². The molecule has 25 heavy (non-hydrogen) atoms. The first-order valence-corrected chi connectivity index (χ1v) is 8.93. The molecule has 0 radical (unpaired) electrons. The molecule has 2 atom stereocenters. The number of nitrogens with one attached hydrogen (secondary N) is 1. The lowest BCUT2D eigenvalue weighted by atomic mass is 9.97. The van der Waals surface area contributed by atoms with Crippen molar-refractivity contribution in [3.63, 3.8) is 0 Å². The molecule has 134 valence electrons. The van der Waals surface area contributed by atoms with Crippen molar-refractivity contribution in [1.82, 2.24) is 5.32 Å². The van der Waals surface area contributed by atoms with E-state index in [2.05, 4.69) is 44.3 Å². The topological polar surface area (TPSA) is 38.3 Å². The van der Waals surface area contributed by atoms with E-state index in [0.29, 0.717) is 0 Å². The van der Waals surface area contributed by atoms with Crippen LogP contribution in [0.2, 0.25) is 0 Å². The van der Waals surface area contributed by atoms with Gasteiger partial charge in [0.2, 0.25) is 0 Å². The van der Waals surface area contributed by atoms with Gasteiger partial charge in [-0.15, -0.1) is 0 Å². The molecule has 1 N–H and O–H groups in total. The quantitative estimate of drug-likeness (QED) is 0.808. The summed E-state index contributed by atoms with van der Waals surface area (Å²) >= 11 is 0. The third-order valence-electron chi connectivity index (χ3n) is 4.75. The number of aryl methyl sites for hydroxylation is 3. The van der Waals surface area contributed by atoms with E-state index in [1.807, 2.05) is 32.0 Å². The highest BCUT2D eigenvalue weighted by atomic mass is 16.5. The van der Waals surface area contributed by atoms with Crippen molar-refractivity contribution in [3.05, 3.63) is 64.2 Å². The summed E-state index contributed by atoms with van der Waals surface area (Å²) in [6.45, 7) is 12.1. The molecule has 2 aromatic rings. The molecule has 0 saturated carbocycles. The van der Waals surface area contributed by atoms with Gasteiger partial charge in [-0.1, -0.05) is 42.8 Å². The fourth-order valence-electron chi connectivity index (χ4n) is 3.00. The van der Waals surface area contributed by atoms with Gasteiger partial charge in [-0.2, -0.15) is 0 Å². The predicted molar refractivity (Wildman–Crippen MR) is 103 cm³/mol. The zero-order valence-corrected chi connectivity index (χ0v) is 16.1. The van der Waals surface area contributed by atoms with Crippen LogP contribution in [0.1, 0.15) is 54.1 Å². The molecule has 0 aliphatic carbocycles. The Bertz CT molecular complexity index is 752. The third-order valence-corrected chi connectivity index (χ3v) is 4.75. The van der Waals surface area contributed by atoms with Crippen molar-refractivity contribution in [3.8, 4) is 5.75 Å². The molecule has 0 bridgehead atoms. The summed E-state index contributed by atoms with van der Waals surface area (Å²) in [6, 6.07) is 12.3. The van der Waals surface area contributed by atoms with Crippen molar-refractivity contribution < 1.29 is 9.53 Å². The van der Waals surface area contributed by atoms with E-state index in [-0.39, 0.29) is 11.9 Å². The molecular weight excluding hydrogens is 310 g/mol. The Morgan fingerprint density at radius 2 is 1.80 bits per heavy atom. The molecule has 2 rings (SSSR count). The molecule has 0 aromatic heterocycles. The van der Waals surface area contributed by atoms with Gasteiger partial charge in [0, 0.05) is 0 Å². The second-order valence-electron chi connectivity index (χ2n) is 6.79. The Hall–Kier alpha value is -2.29. The molecule has 0 unspecified atom stereocenters. The Balaban J connectivity index is 2.09. The molecule has 0 aliphatic rings. The smallest absolute Gasteiger partial charge is 0.261 e. The molecule has 1 amide bonds. The number of rotatable bonds is 6. The number of hydrogen-bond acceptors (Lipinski definition) is 2. The number of hydrogen-bond donors (Lipinski definition) is 1. The average molecular weight is 339 g/mol. The second-order valence-corrected chi connectivity index (χ2v) is 6.79. The van der Waals surface area contributed by atoms with Crippen LogP contribution >= 0.6 is 0 Å². The lowest BCUT2D eigenvalue weighted by molar-refractivity contribution is -0.128. The maximum absolute atomic E-state index is 12.6. The molecule has 0 aliphatic heterocycles. The van der Waals surface area contributed by atoms with E-state index >= 15 is 0 Å². The highest BCUT2D eigenvalue weighted by Crippen LogP contribution is 2.24. The largest absolute Gasteiger partial charge is 0.481 e. The molecule has 0 heterocycles. The van der Waals surface area contributed by atoms with Crippen LogP contribution in [0.3, 0.4) is 0 Å². The molecule has 3 nitrogen and oxygen atoms in total. The van der Waals surface area contributed by atoms with E-state index in [4.69, 9.17) is 4.74 Å². The molecule has 0 saturated heterocycles. The van der Waals surface area contributed by atoms with Crippen molar-refractivity contribution in [1.29, 1.82) is 0 Å². The van der Waals surface area contributed by atoms with Crippen molar-refractivity contribution in [2.75, 3.05) is 0 Å². The summed E-state index contributed by atoms with van der Waals surface area (Å²) in [7, 11) is 0. The lowest BCUT2D eigenvalue weighted by Gasteiger charge is -2.23. The molecule has 0 spiro atoms. The van der Waals surface area contributed by atoms with Gasteiger partial charge in [0.15, 0.2) is 6.10 Å². The summed E-state index contributed by atoms with van der Waals surface area (Å²) in [5.41, 5.74) is 5.83. The fraction of sp³-hybridized carbons (Fsp3) is 0.409. The van der Waals surface area contributed by atoms with Gasteiger partial charge in [-0.25, -0.2) is 0 Å². The zero-order chi connectivity index (χ0) is 18.6. The Morgan fingerprint density at radius 1 is 1.08 bits per heavy atom. The van der Waals surface area contributed by atoms with Gasteiger partial charge in [0.05, 0.1) is 6.04 Å². The van der Waals surface area contributed by atoms with Gasteiger partial charge in [-0.05, 0) is 69.4 Å². The maximum atomic E-state index is 12.6. The van der Waals surface area contributed by atoms with Gasteiger partial charge in [-0.3, -0.25) is 4.79 Å². The fourth-order valence-corrected chi connectivity index (χ4v) is 3.00. The zero-order valence-electron chi connectivity index (χ0n) is 16.1. The normalized spacial score (nSPS) is 13.2. The number of amides is 1. The minimum Gasteiger partial charge on any atom is -0.481 e. The van der Waals surface area contributed by atoms with Gasteiger partial charge in [0.1, 0.15) is 5.75 Å². The Kier molecular flexibility index (Phi) is 6.24. The predicted octanol–water partition coefficient (Wildman–Crippen LogP) is 4.96. The average Bonchev–Trinajstić information content (AvgIpc) is 2.57. The first-order chi connectivity index (χ1) is 11.8. The first-order valence-electron chi connectivity index (χ1n) is 8.93. The van der Waals surface area contributed by atoms with E-state index in [1.54, 1.807) is 6.92 Å². The molecule has 3 heteroatoms. The SMILES string of the molecule is CC[C@@H](NC(=O)[C@H](C)Oc1cccc(C)c1C)c1ccc(C)cc1C. The monoisotopic (exact) mass is 339 g/mol. The van der Waals surface area contributed by atoms with Crippen LogP contribution in [0.5, 0.6) is 5.75 Å². The van der Waals surface area contributed by atoms with Gasteiger partial charge >= 0.3 is 0 Å². The molecule has 0 fully saturated rings. The summed E-state index contributed by atoms with van der Waals surface area (Å²) in [4.78, 5) is 12.6. The van der Waals surface area contributed by atoms with Crippen LogP contribution in [0.4, 0.5) is 0 Å². The number of carbonyl (C=O) groups excluding carboxylic acids is 1. The lowest BCUT2D eigenvalue weighted by Crippen LogP contribution is -2.38. The summed E-state index contributed by atoms with van der Waals surface area (Å²) < 4.78 is 5.91. The van der Waals surface area contributed by atoms with E-state index in [0.717, 1.165) is 23.3 Å². The van der Waals surface area contributed by atoms with Crippen molar-refractivity contribution >= 4 is 5.91 Å². The van der Waals surface area contributed by atoms with Crippen LogP contribution < -0.4 is 10.1 Å². The van der Waals surface area contributed by atoms with Gasteiger partial charge in [0.25, 0.3) is 5.91 Å². The highest BCUT2D eigenvalue weighted by molar-refractivity contribution is 5.81. The summed E-state index contributed by atoms with van der Waals surface area (Å²) in [5, 5.41) is 3.13. The van der Waals surface area contributed by atoms with Crippen LogP contribution in [-0.4, -0.2) is 12.0 Å². The summed E-state index contributed by atoms with van der Waals surface area (Å²) in [6.07, 6.45) is 0.298. The standard InChI is InChI=1S/C22H29NO2/c1-7-20(19-12-11-14(2)13-16(19)4)23-22(24)18(6)25-21-10-8-9-15(3)17(21)5/h8-13,18,20H,7H2,1-6H3,(H,23,24)/t18-,20+/m0/s1. The van der Waals surface area contributed by atoms with E-state index < -0.39 is 6.10 Å². The van der Waals surface area contributed by atoms with Crippen molar-refractivity contribution in [2.45, 2.75) is 60.1 Å². The minimum atomic E-state index is -0.541. The maximum Gasteiger partial charge on any atom is 0.261 e. The van der Waals surface area contributed by atoms with Crippen LogP contribution in [0.25, 0.3) is 0 Å². The number of ether oxygens (including phenoxy) is 1. The van der Waals surface area contributed by atoms with Gasteiger partial charge < -0.3 is 10.1 Å². The van der Waals surface area contributed by atoms with Crippen LogP contribution in [0.15, 0.2) is 36.4 Å². The van der Waals surface area contributed by atoms with Crippen LogP contribution in [-0.2, 0) is 4.79 Å². The molecular formula is C22H29NO2. The summed E-state index contributed by atoms with van der Waals surface area (Å²) in [5.74, 6) is 0.676. The third kappa shape index (κ3) is 4.62. The minimum absolute atomic E-state index is 0.00208. The highest BCUT2D eigenvalue weighted by Gasteiger charge is 2.21. The molecule has 2 aromatic carbocycles. The number of carbonyl (C=O) groups is 1. The Labute approximate surface area is 151 Å². The number of benzene rings is 2. The van der Waals surface area contributed by atoms with E-state index in [9.17, 15) is 4.79 Å².